The smallest absolute Gasteiger partial charge is 0.191 e. The van der Waals surface area contributed by atoms with Crippen LogP contribution >= 0.6 is 0 Å². The Hall–Kier alpha value is -1.83. The van der Waals surface area contributed by atoms with E-state index >= 15 is 0 Å². The fourth-order valence-electron chi connectivity index (χ4n) is 3.33. The monoisotopic (exact) mass is 406 g/mol. The number of hydrogen-bond donors (Lipinski definition) is 3. The molecule has 164 valence electrons. The molecule has 3 N–H and O–H groups in total. The molecule has 0 radical (unpaired) electrons. The molecule has 29 heavy (non-hydrogen) atoms. The normalized spacial score (nSPS) is 18.2. The fourth-order valence-corrected chi connectivity index (χ4v) is 3.33. The average Bonchev–Trinajstić information content (AvgIpc) is 2.70. The zero-order chi connectivity index (χ0) is 21.3. The van der Waals surface area contributed by atoms with Gasteiger partial charge in [-0.15, -0.1) is 0 Å². The highest BCUT2D eigenvalue weighted by atomic mass is 16.5. The van der Waals surface area contributed by atoms with Gasteiger partial charge in [-0.2, -0.15) is 0 Å². The van der Waals surface area contributed by atoms with Gasteiger partial charge < -0.3 is 25.2 Å². The van der Waals surface area contributed by atoms with Crippen LogP contribution in [-0.4, -0.2) is 81.2 Å². The third-order valence-electron chi connectivity index (χ3n) is 5.16. The van der Waals surface area contributed by atoms with Gasteiger partial charge in [0.15, 0.2) is 5.96 Å². The van der Waals surface area contributed by atoms with Crippen molar-refractivity contribution in [3.63, 3.8) is 0 Å². The van der Waals surface area contributed by atoms with Crippen molar-refractivity contribution in [2.45, 2.75) is 38.7 Å². The number of hydrogen-bond acceptors (Lipinski definition) is 5. The van der Waals surface area contributed by atoms with Gasteiger partial charge in [0.1, 0.15) is 5.75 Å². The molecular formula is C22H38N4O3. The Bertz CT molecular complexity index is 638. The first-order chi connectivity index (χ1) is 13.8. The topological polar surface area (TPSA) is 78.4 Å². The molecule has 0 bridgehead atoms. The van der Waals surface area contributed by atoms with Crippen LogP contribution in [0.4, 0.5) is 0 Å². The molecule has 1 aromatic rings. The third-order valence-corrected chi connectivity index (χ3v) is 5.16. The van der Waals surface area contributed by atoms with Crippen LogP contribution in [0.2, 0.25) is 0 Å². The highest BCUT2D eigenvalue weighted by Gasteiger charge is 2.26. The molecule has 0 aliphatic carbocycles. The van der Waals surface area contributed by atoms with E-state index in [2.05, 4.69) is 46.5 Å². The number of aliphatic hydroxyl groups is 1. The molecule has 1 heterocycles. The Morgan fingerprint density at radius 1 is 1.17 bits per heavy atom. The third kappa shape index (κ3) is 7.84. The van der Waals surface area contributed by atoms with Gasteiger partial charge in [0.25, 0.3) is 0 Å². The summed E-state index contributed by atoms with van der Waals surface area (Å²) < 4.78 is 10.6. The zero-order valence-electron chi connectivity index (χ0n) is 18.6. The molecule has 1 atom stereocenters. The second-order valence-corrected chi connectivity index (χ2v) is 8.55. The van der Waals surface area contributed by atoms with Crippen LogP contribution in [0, 0.1) is 0 Å². The Kier molecular flexibility index (Phi) is 8.74. The van der Waals surface area contributed by atoms with Crippen LogP contribution < -0.4 is 15.4 Å². The van der Waals surface area contributed by atoms with E-state index in [4.69, 9.17) is 9.47 Å². The Morgan fingerprint density at radius 2 is 1.83 bits per heavy atom. The molecule has 1 aliphatic rings. The van der Waals surface area contributed by atoms with E-state index in [-0.39, 0.29) is 5.41 Å². The van der Waals surface area contributed by atoms with Gasteiger partial charge in [0, 0.05) is 38.1 Å². The van der Waals surface area contributed by atoms with Crippen LogP contribution in [-0.2, 0) is 10.2 Å². The van der Waals surface area contributed by atoms with E-state index in [0.29, 0.717) is 13.1 Å². The van der Waals surface area contributed by atoms with Crippen molar-refractivity contribution < 1.29 is 14.6 Å². The quantitative estimate of drug-likeness (QED) is 0.427. The first-order valence-electron chi connectivity index (χ1n) is 10.4. The van der Waals surface area contributed by atoms with Gasteiger partial charge in [-0.3, -0.25) is 9.89 Å². The summed E-state index contributed by atoms with van der Waals surface area (Å²) in [5, 5.41) is 17.5. The predicted molar refractivity (Wildman–Crippen MR) is 118 cm³/mol. The summed E-state index contributed by atoms with van der Waals surface area (Å²) in [6.07, 6.45) is 0. The molecule has 0 aromatic heterocycles. The molecule has 1 aromatic carbocycles. The van der Waals surface area contributed by atoms with Gasteiger partial charge >= 0.3 is 0 Å². The lowest BCUT2D eigenvalue weighted by atomic mass is 9.84. The number of ether oxygens (including phenoxy) is 2. The van der Waals surface area contributed by atoms with Crippen molar-refractivity contribution in [3.8, 4) is 5.75 Å². The maximum absolute atomic E-state index is 10.8. The van der Waals surface area contributed by atoms with E-state index < -0.39 is 5.60 Å². The summed E-state index contributed by atoms with van der Waals surface area (Å²) in [6.45, 7) is 13.8. The average molecular weight is 407 g/mol. The van der Waals surface area contributed by atoms with Crippen LogP contribution in [0.1, 0.15) is 33.3 Å². The van der Waals surface area contributed by atoms with Crippen LogP contribution in [0.15, 0.2) is 29.3 Å². The number of β-amino-alcohol motifs (C(OH)–C–C–N with tert-alkyl or cyclic N) is 1. The van der Waals surface area contributed by atoms with Crippen LogP contribution in [0.25, 0.3) is 0 Å². The lowest BCUT2D eigenvalue weighted by Crippen LogP contribution is -2.48. The molecule has 7 nitrogen and oxygen atoms in total. The number of nitrogens with zero attached hydrogens (tertiary/aromatic N) is 2. The number of methoxy groups -OCH3 is 1. The summed E-state index contributed by atoms with van der Waals surface area (Å²) in [4.78, 5) is 6.87. The van der Waals surface area contributed by atoms with Crippen LogP contribution in [0.5, 0.6) is 5.75 Å². The molecule has 1 aliphatic heterocycles. The number of morpholine rings is 1. The maximum atomic E-state index is 10.8. The maximum Gasteiger partial charge on any atom is 0.191 e. The summed E-state index contributed by atoms with van der Waals surface area (Å²) in [6, 6.07) is 8.16. The largest absolute Gasteiger partial charge is 0.497 e. The van der Waals surface area contributed by atoms with Crippen molar-refractivity contribution in [1.82, 2.24) is 15.5 Å². The Labute approximate surface area is 175 Å². The second-order valence-electron chi connectivity index (χ2n) is 8.55. The molecule has 0 amide bonds. The van der Waals surface area contributed by atoms with Crippen molar-refractivity contribution in [2.75, 3.05) is 59.6 Å². The van der Waals surface area contributed by atoms with E-state index in [1.807, 2.05) is 26.0 Å². The number of guanidine groups is 1. The number of benzene rings is 1. The standard InChI is InChI=1S/C22H38N4O3/c1-6-23-20(25-16-22(4,27)17-26-11-13-29-14-12-26)24-15-21(2,3)18-7-9-19(28-5)10-8-18/h7-10,27H,6,11-17H2,1-5H3,(H2,23,24,25). The van der Waals surface area contributed by atoms with Crippen molar-refractivity contribution in [2.24, 2.45) is 4.99 Å². The number of nitrogens with one attached hydrogen (secondary N) is 2. The van der Waals surface area contributed by atoms with Gasteiger partial charge in [-0.1, -0.05) is 26.0 Å². The van der Waals surface area contributed by atoms with Gasteiger partial charge in [0.05, 0.1) is 32.5 Å². The highest BCUT2D eigenvalue weighted by molar-refractivity contribution is 5.79. The first kappa shape index (κ1) is 23.4. The lowest BCUT2D eigenvalue weighted by molar-refractivity contribution is -0.0179. The molecule has 2 rings (SSSR count). The molecule has 1 unspecified atom stereocenters. The predicted octanol–water partition coefficient (Wildman–Crippen LogP) is 1.61. The number of rotatable bonds is 9. The zero-order valence-corrected chi connectivity index (χ0v) is 18.6. The van der Waals surface area contributed by atoms with Gasteiger partial charge in [0.2, 0.25) is 0 Å². The first-order valence-corrected chi connectivity index (χ1v) is 10.4. The minimum absolute atomic E-state index is 0.0845. The van der Waals surface area contributed by atoms with Crippen molar-refractivity contribution in [1.29, 1.82) is 0 Å². The molecular weight excluding hydrogens is 368 g/mol. The summed E-state index contributed by atoms with van der Waals surface area (Å²) in [5.74, 6) is 1.58. The highest BCUT2D eigenvalue weighted by Crippen LogP contribution is 2.24. The second kappa shape index (κ2) is 10.8. The van der Waals surface area contributed by atoms with Crippen molar-refractivity contribution >= 4 is 5.96 Å². The van der Waals surface area contributed by atoms with Crippen molar-refractivity contribution in [3.05, 3.63) is 29.8 Å². The lowest BCUT2D eigenvalue weighted by Gasteiger charge is -2.33. The molecule has 0 saturated carbocycles. The molecule has 1 fully saturated rings. The Morgan fingerprint density at radius 3 is 2.41 bits per heavy atom. The summed E-state index contributed by atoms with van der Waals surface area (Å²) >= 11 is 0. The van der Waals surface area contributed by atoms with E-state index in [1.165, 1.54) is 5.56 Å². The van der Waals surface area contributed by atoms with E-state index in [9.17, 15) is 5.11 Å². The minimum Gasteiger partial charge on any atom is -0.497 e. The minimum atomic E-state index is -0.884. The van der Waals surface area contributed by atoms with Gasteiger partial charge in [-0.25, -0.2) is 0 Å². The molecule has 0 spiro atoms. The Balaban J connectivity index is 1.94. The molecule has 1 saturated heterocycles. The van der Waals surface area contributed by atoms with Gasteiger partial charge in [-0.05, 0) is 31.5 Å². The number of aliphatic imine (C=N–C) groups is 1. The molecule has 7 heteroatoms. The van der Waals surface area contributed by atoms with Crippen LogP contribution in [0.3, 0.4) is 0 Å². The summed E-state index contributed by atoms with van der Waals surface area (Å²) in [5.41, 5.74) is 0.255. The van der Waals surface area contributed by atoms with E-state index in [0.717, 1.165) is 51.1 Å². The van der Waals surface area contributed by atoms with E-state index in [1.54, 1.807) is 7.11 Å². The SMILES string of the molecule is CCNC(=NCC(C)(O)CN1CCOCC1)NCC(C)(C)c1ccc(OC)cc1. The fraction of sp³-hybridized carbons (Fsp3) is 0.682. The summed E-state index contributed by atoms with van der Waals surface area (Å²) in [7, 11) is 1.68.